The lowest BCUT2D eigenvalue weighted by Gasteiger charge is -2.12. The van der Waals surface area contributed by atoms with Gasteiger partial charge < -0.3 is 10.8 Å². The summed E-state index contributed by atoms with van der Waals surface area (Å²) in [5, 5.41) is 9.36. The molecule has 0 fully saturated rings. The van der Waals surface area contributed by atoms with Crippen molar-refractivity contribution in [3.63, 3.8) is 0 Å². The molecule has 2 nitrogen and oxygen atoms in total. The first kappa shape index (κ1) is 13.6. The van der Waals surface area contributed by atoms with Gasteiger partial charge in [-0.05, 0) is 22.0 Å². The quantitative estimate of drug-likeness (QED) is 0.879. The highest BCUT2D eigenvalue weighted by atomic mass is 79.9. The summed E-state index contributed by atoms with van der Waals surface area (Å²) in [4.78, 5) is 0. The lowest BCUT2D eigenvalue weighted by Crippen LogP contribution is -2.18. The van der Waals surface area contributed by atoms with E-state index in [1.807, 2.05) is 0 Å². The number of hydrogen-bond acceptors (Lipinski definition) is 2. The van der Waals surface area contributed by atoms with Crippen molar-refractivity contribution in [1.82, 2.24) is 0 Å². The van der Waals surface area contributed by atoms with Crippen LogP contribution < -0.4 is 5.73 Å². The Morgan fingerprint density at radius 3 is 2.43 bits per heavy atom. The number of alkyl halides is 2. The Balaban J connectivity index is 0.00000169. The minimum absolute atomic E-state index is 0. The number of nitrogens with two attached hydrogens (primary N) is 1. The Bertz CT molecular complexity index is 311. The lowest BCUT2D eigenvalue weighted by molar-refractivity contribution is 0.115. The van der Waals surface area contributed by atoms with Gasteiger partial charge in [-0.15, -0.1) is 12.4 Å². The largest absolute Gasteiger partial charge is 0.506 e. The first-order chi connectivity index (χ1) is 6.04. The van der Waals surface area contributed by atoms with Gasteiger partial charge in [0.2, 0.25) is 0 Å². The molecule has 0 radical (unpaired) electrons. The Kier molecular flexibility index (Phi) is 5.33. The fraction of sp³-hybridized carbons (Fsp3) is 0.250. The fourth-order valence-corrected chi connectivity index (χ4v) is 1.32. The van der Waals surface area contributed by atoms with E-state index in [9.17, 15) is 13.9 Å². The molecular weight excluding hydrogens is 279 g/mol. The molecule has 0 unspecified atom stereocenters. The third-order valence-electron chi connectivity index (χ3n) is 1.65. The van der Waals surface area contributed by atoms with Crippen molar-refractivity contribution in [2.24, 2.45) is 5.73 Å². The molecule has 14 heavy (non-hydrogen) atoms. The summed E-state index contributed by atoms with van der Waals surface area (Å²) in [6.45, 7) is 0. The van der Waals surface area contributed by atoms with E-state index in [0.29, 0.717) is 4.47 Å². The SMILES string of the molecule is Cl.N[C@@H](c1cccc(Br)c1O)C(F)F. The van der Waals surface area contributed by atoms with E-state index in [1.54, 1.807) is 12.1 Å². The highest BCUT2D eigenvalue weighted by molar-refractivity contribution is 9.10. The first-order valence-corrected chi connectivity index (χ1v) is 4.34. The molecule has 0 amide bonds. The van der Waals surface area contributed by atoms with E-state index in [4.69, 9.17) is 5.73 Å². The van der Waals surface area contributed by atoms with Crippen molar-refractivity contribution < 1.29 is 13.9 Å². The van der Waals surface area contributed by atoms with E-state index in [0.717, 1.165) is 0 Å². The van der Waals surface area contributed by atoms with Gasteiger partial charge in [-0.25, -0.2) is 8.78 Å². The van der Waals surface area contributed by atoms with Crippen LogP contribution in [0.5, 0.6) is 5.75 Å². The van der Waals surface area contributed by atoms with Crippen LogP contribution in [0.3, 0.4) is 0 Å². The maximum Gasteiger partial charge on any atom is 0.257 e. The third-order valence-corrected chi connectivity index (χ3v) is 2.29. The molecule has 0 bridgehead atoms. The Labute approximate surface area is 94.6 Å². The van der Waals surface area contributed by atoms with Crippen LogP contribution in [0.25, 0.3) is 0 Å². The molecule has 0 aromatic heterocycles. The second-order valence-corrected chi connectivity index (χ2v) is 3.39. The first-order valence-electron chi connectivity index (χ1n) is 3.55. The van der Waals surface area contributed by atoms with Crippen LogP contribution in [-0.2, 0) is 0 Å². The van der Waals surface area contributed by atoms with Gasteiger partial charge in [-0.1, -0.05) is 12.1 Å². The van der Waals surface area contributed by atoms with Gasteiger partial charge in [-0.2, -0.15) is 0 Å². The second kappa shape index (κ2) is 5.48. The monoisotopic (exact) mass is 287 g/mol. The van der Waals surface area contributed by atoms with E-state index in [-0.39, 0.29) is 23.7 Å². The Hall–Kier alpha value is -0.390. The maximum absolute atomic E-state index is 12.2. The van der Waals surface area contributed by atoms with Crippen molar-refractivity contribution in [1.29, 1.82) is 0 Å². The molecule has 0 spiro atoms. The van der Waals surface area contributed by atoms with Gasteiger partial charge in [0.05, 0.1) is 10.5 Å². The molecule has 1 rings (SSSR count). The molecule has 1 aromatic rings. The fourth-order valence-electron chi connectivity index (χ4n) is 0.937. The summed E-state index contributed by atoms with van der Waals surface area (Å²) in [5.41, 5.74) is 5.22. The summed E-state index contributed by atoms with van der Waals surface area (Å²) < 4.78 is 24.7. The van der Waals surface area contributed by atoms with Gasteiger partial charge in [0.1, 0.15) is 5.75 Å². The Morgan fingerprint density at radius 1 is 1.36 bits per heavy atom. The number of phenols is 1. The summed E-state index contributed by atoms with van der Waals surface area (Å²) in [6, 6.07) is 3.02. The van der Waals surface area contributed by atoms with Crippen LogP contribution >= 0.6 is 28.3 Å². The summed E-state index contributed by atoms with van der Waals surface area (Å²) in [6.07, 6.45) is -2.68. The topological polar surface area (TPSA) is 46.2 Å². The summed E-state index contributed by atoms with van der Waals surface area (Å²) in [7, 11) is 0. The molecule has 0 aliphatic heterocycles. The molecule has 6 heteroatoms. The van der Waals surface area contributed by atoms with Gasteiger partial charge >= 0.3 is 0 Å². The zero-order valence-corrected chi connectivity index (χ0v) is 9.36. The van der Waals surface area contributed by atoms with Crippen LogP contribution in [0, 0.1) is 0 Å². The van der Waals surface area contributed by atoms with Crippen molar-refractivity contribution in [3.8, 4) is 5.75 Å². The molecule has 1 aromatic carbocycles. The van der Waals surface area contributed by atoms with E-state index in [2.05, 4.69) is 15.9 Å². The molecular formula is C8H9BrClF2NO. The number of benzene rings is 1. The van der Waals surface area contributed by atoms with Crippen molar-refractivity contribution in [2.45, 2.75) is 12.5 Å². The van der Waals surface area contributed by atoms with Crippen molar-refractivity contribution in [3.05, 3.63) is 28.2 Å². The van der Waals surface area contributed by atoms with Gasteiger partial charge in [0.25, 0.3) is 6.43 Å². The minimum atomic E-state index is -2.68. The number of phenolic OH excluding ortho intramolecular Hbond substituents is 1. The lowest BCUT2D eigenvalue weighted by atomic mass is 10.1. The number of rotatable bonds is 2. The highest BCUT2D eigenvalue weighted by Crippen LogP contribution is 2.32. The highest BCUT2D eigenvalue weighted by Gasteiger charge is 2.21. The number of hydrogen-bond donors (Lipinski definition) is 2. The predicted octanol–water partition coefficient (Wildman–Crippen LogP) is 2.84. The average molecular weight is 289 g/mol. The zero-order chi connectivity index (χ0) is 10.0. The number of aromatic hydroxyl groups is 1. The van der Waals surface area contributed by atoms with Gasteiger partial charge in [0.15, 0.2) is 0 Å². The molecule has 0 aliphatic rings. The van der Waals surface area contributed by atoms with Crippen LogP contribution in [0.4, 0.5) is 8.78 Å². The third kappa shape index (κ3) is 2.80. The van der Waals surface area contributed by atoms with Crippen LogP contribution in [-0.4, -0.2) is 11.5 Å². The summed E-state index contributed by atoms with van der Waals surface area (Å²) in [5.74, 6) is -0.227. The van der Waals surface area contributed by atoms with E-state index < -0.39 is 12.5 Å². The zero-order valence-electron chi connectivity index (χ0n) is 6.95. The second-order valence-electron chi connectivity index (χ2n) is 2.54. The molecule has 1 atom stereocenters. The van der Waals surface area contributed by atoms with Crippen LogP contribution in [0.1, 0.15) is 11.6 Å². The molecule has 3 N–H and O–H groups in total. The van der Waals surface area contributed by atoms with Crippen molar-refractivity contribution in [2.75, 3.05) is 0 Å². The standard InChI is InChI=1S/C8H8BrF2NO.ClH/c9-5-3-1-2-4(7(5)13)6(12)8(10)11;/h1-3,6,8,13H,12H2;1H/t6-;/m0./s1. The smallest absolute Gasteiger partial charge is 0.257 e. The van der Waals surface area contributed by atoms with Crippen LogP contribution in [0.2, 0.25) is 0 Å². The van der Waals surface area contributed by atoms with Gasteiger partial charge in [0, 0.05) is 5.56 Å². The van der Waals surface area contributed by atoms with Gasteiger partial charge in [-0.3, -0.25) is 0 Å². The average Bonchev–Trinajstić information content (AvgIpc) is 2.08. The molecule has 0 aliphatic carbocycles. The van der Waals surface area contributed by atoms with Crippen LogP contribution in [0.15, 0.2) is 22.7 Å². The Morgan fingerprint density at radius 2 is 1.93 bits per heavy atom. The molecule has 0 heterocycles. The summed E-state index contributed by atoms with van der Waals surface area (Å²) >= 11 is 3.01. The van der Waals surface area contributed by atoms with E-state index >= 15 is 0 Å². The molecule has 80 valence electrons. The molecule has 0 saturated heterocycles. The van der Waals surface area contributed by atoms with Crippen molar-refractivity contribution >= 4 is 28.3 Å². The van der Waals surface area contributed by atoms with E-state index in [1.165, 1.54) is 6.07 Å². The minimum Gasteiger partial charge on any atom is -0.506 e. The number of halogens is 4. The molecule has 0 saturated carbocycles. The number of para-hydroxylation sites is 1. The normalized spacial score (nSPS) is 12.4. The maximum atomic E-state index is 12.2. The predicted molar refractivity (Wildman–Crippen MR) is 56.0 cm³/mol.